The minimum atomic E-state index is -0.235. The quantitative estimate of drug-likeness (QED) is 0.723. The van der Waals surface area contributed by atoms with Crippen LogP contribution in [0.25, 0.3) is 10.8 Å². The largest absolute Gasteiger partial charge is 0.493 e. The van der Waals surface area contributed by atoms with Crippen molar-refractivity contribution in [3.63, 3.8) is 0 Å². The molecular weight excluding hydrogens is 204 g/mol. The van der Waals surface area contributed by atoms with Gasteiger partial charge in [-0.25, -0.2) is 0 Å². The second-order valence-corrected chi connectivity index (χ2v) is 3.36. The van der Waals surface area contributed by atoms with Crippen LogP contribution in [-0.2, 0) is 0 Å². The first-order valence-corrected chi connectivity index (χ1v) is 4.84. The third-order valence-electron chi connectivity index (χ3n) is 2.36. The summed E-state index contributed by atoms with van der Waals surface area (Å²) in [6, 6.07) is 11.2. The second kappa shape index (κ2) is 4.14. The van der Waals surface area contributed by atoms with Crippen LogP contribution in [0.4, 0.5) is 0 Å². The molecule has 0 aliphatic carbocycles. The molecule has 80 valence electrons. The predicted molar refractivity (Wildman–Crippen MR) is 63.0 cm³/mol. The van der Waals surface area contributed by atoms with Crippen molar-refractivity contribution < 1.29 is 4.74 Å². The molecule has 0 saturated heterocycles. The van der Waals surface area contributed by atoms with Crippen LogP contribution >= 0.6 is 0 Å². The van der Waals surface area contributed by atoms with Gasteiger partial charge >= 0.3 is 0 Å². The molecule has 0 bridgehead atoms. The molecule has 3 nitrogen and oxygen atoms in total. The molecule has 0 spiro atoms. The van der Waals surface area contributed by atoms with Crippen LogP contribution in [0.2, 0.25) is 0 Å². The maximum atomic E-state index is 11.7. The number of fused-ring (bicyclic) bond motifs is 1. The van der Waals surface area contributed by atoms with Gasteiger partial charge in [-0.2, -0.15) is 0 Å². The Balaban J connectivity index is 3.05. The topological polar surface area (TPSA) is 43.4 Å². The smallest absolute Gasteiger partial charge is 0.220 e. The van der Waals surface area contributed by atoms with Crippen LogP contribution in [0.5, 0.6) is 5.75 Å². The van der Waals surface area contributed by atoms with E-state index in [4.69, 9.17) is 4.74 Å². The van der Waals surface area contributed by atoms with Gasteiger partial charge in [-0.05, 0) is 23.6 Å². The molecule has 16 heavy (non-hydrogen) atoms. The molecular formula is C13H10O3. The third kappa shape index (κ3) is 1.80. The standard InChI is InChI=1S/C13H10O3/c1-16-13-8-10-9(6-7-12(13)15)4-2-3-5-11(10)14/h2-8H,1H3. The highest BCUT2D eigenvalue weighted by Gasteiger charge is 2.00. The Kier molecular flexibility index (Phi) is 2.68. The van der Waals surface area contributed by atoms with Gasteiger partial charge in [0.05, 0.1) is 7.11 Å². The van der Waals surface area contributed by atoms with E-state index >= 15 is 0 Å². The Bertz CT molecular complexity index is 647. The van der Waals surface area contributed by atoms with E-state index in [0.717, 1.165) is 5.39 Å². The molecule has 0 atom stereocenters. The SMILES string of the molecule is COc1cc2c(=O)ccccc2ccc1=O. The zero-order valence-corrected chi connectivity index (χ0v) is 8.77. The first-order chi connectivity index (χ1) is 7.72. The zero-order valence-electron chi connectivity index (χ0n) is 8.77. The van der Waals surface area contributed by atoms with Crippen LogP contribution in [0.1, 0.15) is 0 Å². The predicted octanol–water partition coefficient (Wildman–Crippen LogP) is 1.57. The van der Waals surface area contributed by atoms with Crippen LogP contribution < -0.4 is 15.6 Å². The lowest BCUT2D eigenvalue weighted by Crippen LogP contribution is -2.00. The van der Waals surface area contributed by atoms with Gasteiger partial charge in [-0.3, -0.25) is 9.59 Å². The van der Waals surface area contributed by atoms with E-state index in [0.29, 0.717) is 5.39 Å². The molecule has 0 amide bonds. The zero-order chi connectivity index (χ0) is 11.5. The van der Waals surface area contributed by atoms with Gasteiger partial charge in [0.2, 0.25) is 5.43 Å². The summed E-state index contributed by atoms with van der Waals surface area (Å²) in [6.45, 7) is 0. The first-order valence-electron chi connectivity index (χ1n) is 4.84. The number of rotatable bonds is 1. The lowest BCUT2D eigenvalue weighted by Gasteiger charge is -1.91. The Hall–Kier alpha value is -2.16. The fraction of sp³-hybridized carbons (Fsp3) is 0.0769. The summed E-state index contributed by atoms with van der Waals surface area (Å²) < 4.78 is 4.95. The molecule has 0 saturated carbocycles. The van der Waals surface area contributed by atoms with Gasteiger partial charge in [0.25, 0.3) is 0 Å². The second-order valence-electron chi connectivity index (χ2n) is 3.36. The van der Waals surface area contributed by atoms with Crippen molar-refractivity contribution in [1.82, 2.24) is 0 Å². The summed E-state index contributed by atoms with van der Waals surface area (Å²) in [5.74, 6) is 0.179. The number of ether oxygens (including phenoxy) is 1. The van der Waals surface area contributed by atoms with Gasteiger partial charge < -0.3 is 4.74 Å². The molecule has 2 aromatic rings. The van der Waals surface area contributed by atoms with Crippen LogP contribution in [0.3, 0.4) is 0 Å². The summed E-state index contributed by atoms with van der Waals surface area (Å²) in [6.07, 6.45) is 0. The van der Waals surface area contributed by atoms with E-state index in [9.17, 15) is 9.59 Å². The summed E-state index contributed by atoms with van der Waals surface area (Å²) in [5.41, 5.74) is -0.366. The Morgan fingerprint density at radius 3 is 2.44 bits per heavy atom. The fourth-order valence-electron chi connectivity index (χ4n) is 1.53. The lowest BCUT2D eigenvalue weighted by atomic mass is 10.2. The molecule has 2 rings (SSSR count). The van der Waals surface area contributed by atoms with Gasteiger partial charge in [0.15, 0.2) is 11.2 Å². The molecule has 0 heterocycles. The number of hydrogen-bond donors (Lipinski definition) is 0. The monoisotopic (exact) mass is 214 g/mol. The average molecular weight is 214 g/mol. The average Bonchev–Trinajstić information content (AvgIpc) is 2.54. The Labute approximate surface area is 91.9 Å². The molecule has 0 radical (unpaired) electrons. The minimum Gasteiger partial charge on any atom is -0.493 e. The van der Waals surface area contributed by atoms with Crippen LogP contribution in [0.15, 0.2) is 52.1 Å². The molecule has 0 N–H and O–H groups in total. The molecule has 0 aliphatic rings. The highest BCUT2D eigenvalue weighted by atomic mass is 16.5. The van der Waals surface area contributed by atoms with Crippen molar-refractivity contribution in [3.8, 4) is 5.75 Å². The van der Waals surface area contributed by atoms with E-state index in [1.54, 1.807) is 24.3 Å². The summed E-state index contributed by atoms with van der Waals surface area (Å²) in [4.78, 5) is 23.3. The van der Waals surface area contributed by atoms with Crippen molar-refractivity contribution in [2.24, 2.45) is 0 Å². The maximum absolute atomic E-state index is 11.7. The van der Waals surface area contributed by atoms with E-state index in [1.807, 2.05) is 0 Å². The van der Waals surface area contributed by atoms with E-state index in [2.05, 4.69) is 0 Å². The molecule has 3 heteroatoms. The van der Waals surface area contributed by atoms with E-state index < -0.39 is 0 Å². The summed E-state index contributed by atoms with van der Waals surface area (Å²) in [7, 11) is 1.41. The van der Waals surface area contributed by atoms with Crippen molar-refractivity contribution in [3.05, 3.63) is 62.9 Å². The van der Waals surface area contributed by atoms with Gasteiger partial charge in [0.1, 0.15) is 0 Å². The normalized spacial score (nSPS) is 10.1. The summed E-state index contributed by atoms with van der Waals surface area (Å²) >= 11 is 0. The number of hydrogen-bond acceptors (Lipinski definition) is 3. The highest BCUT2D eigenvalue weighted by molar-refractivity contribution is 5.81. The maximum Gasteiger partial charge on any atom is 0.220 e. The van der Waals surface area contributed by atoms with E-state index in [-0.39, 0.29) is 16.6 Å². The fourth-order valence-corrected chi connectivity index (χ4v) is 1.53. The van der Waals surface area contributed by atoms with Crippen molar-refractivity contribution in [2.75, 3.05) is 7.11 Å². The minimum absolute atomic E-state index is 0.131. The molecule has 0 aromatic heterocycles. The molecule has 2 aromatic carbocycles. The van der Waals surface area contributed by atoms with Gasteiger partial charge in [0, 0.05) is 5.39 Å². The van der Waals surface area contributed by atoms with Gasteiger partial charge in [-0.15, -0.1) is 0 Å². The highest BCUT2D eigenvalue weighted by Crippen LogP contribution is 2.10. The lowest BCUT2D eigenvalue weighted by molar-refractivity contribution is 0.412. The third-order valence-corrected chi connectivity index (χ3v) is 2.36. The summed E-state index contributed by atoms with van der Waals surface area (Å²) in [5, 5.41) is 1.19. The van der Waals surface area contributed by atoms with Gasteiger partial charge in [-0.1, -0.05) is 24.3 Å². The van der Waals surface area contributed by atoms with Crippen LogP contribution in [-0.4, -0.2) is 7.11 Å². The number of methoxy groups -OCH3 is 1. The Morgan fingerprint density at radius 2 is 1.69 bits per heavy atom. The molecule has 0 unspecified atom stereocenters. The van der Waals surface area contributed by atoms with Crippen LogP contribution in [0, 0.1) is 0 Å². The first kappa shape index (κ1) is 10.4. The van der Waals surface area contributed by atoms with Crippen molar-refractivity contribution in [1.29, 1.82) is 0 Å². The van der Waals surface area contributed by atoms with Crippen molar-refractivity contribution >= 4 is 10.8 Å². The van der Waals surface area contributed by atoms with Crippen molar-refractivity contribution in [2.45, 2.75) is 0 Å². The molecule has 0 fully saturated rings. The Morgan fingerprint density at radius 1 is 0.938 bits per heavy atom. The molecule has 0 aliphatic heterocycles. The van der Waals surface area contributed by atoms with E-state index in [1.165, 1.54) is 25.3 Å².